The highest BCUT2D eigenvalue weighted by Crippen LogP contribution is 2.43. The highest BCUT2D eigenvalue weighted by molar-refractivity contribution is 6.17. The van der Waals surface area contributed by atoms with Gasteiger partial charge in [0.2, 0.25) is 5.95 Å². The quantitative estimate of drug-likeness (QED) is 0.180. The monoisotopic (exact) mass is 690 g/mol. The van der Waals surface area contributed by atoms with E-state index in [4.69, 9.17) is 19.4 Å². The minimum atomic E-state index is 0.563. The molecular weight excluding hydrogens is 661 g/mol. The van der Waals surface area contributed by atoms with Gasteiger partial charge in [-0.2, -0.15) is 9.97 Å². The Labute approximate surface area is 310 Å². The Morgan fingerprint density at radius 2 is 0.944 bits per heavy atom. The maximum atomic E-state index is 6.66. The standard InChI is InChI=1S/C49H30N4O/c1-3-14-31(15-4-1)35-22-11-18-32-19-12-23-38(45(32)35)39-24-13-27-43-46(39)40-29-28-34(30-44(40)54-43)48-50-47(33-16-5-2-6-17-33)51-49(52-48)53-41-25-9-7-20-36(41)37-21-8-10-26-42(37)53/h1-30H. The van der Waals surface area contributed by atoms with Crippen LogP contribution >= 0.6 is 0 Å². The van der Waals surface area contributed by atoms with Crippen molar-refractivity contribution in [1.82, 2.24) is 19.5 Å². The summed E-state index contributed by atoms with van der Waals surface area (Å²) in [5.74, 6) is 1.74. The average molecular weight is 691 g/mol. The van der Waals surface area contributed by atoms with Crippen LogP contribution in [0, 0.1) is 0 Å². The second kappa shape index (κ2) is 12.1. The van der Waals surface area contributed by atoms with Crippen molar-refractivity contribution in [3.05, 3.63) is 182 Å². The molecule has 0 radical (unpaired) electrons. The van der Waals surface area contributed by atoms with E-state index in [1.165, 1.54) is 27.5 Å². The molecule has 0 unspecified atom stereocenters. The van der Waals surface area contributed by atoms with Gasteiger partial charge in [-0.25, -0.2) is 4.98 Å². The lowest BCUT2D eigenvalue weighted by molar-refractivity contribution is 0.669. The Morgan fingerprint density at radius 1 is 0.370 bits per heavy atom. The molecule has 3 heterocycles. The normalized spacial score (nSPS) is 11.7. The number of nitrogens with zero attached hydrogens (tertiary/aromatic N) is 4. The predicted octanol–water partition coefficient (Wildman–Crippen LogP) is 12.7. The third-order valence-electron chi connectivity index (χ3n) is 10.5. The van der Waals surface area contributed by atoms with E-state index in [0.717, 1.165) is 60.4 Å². The lowest BCUT2D eigenvalue weighted by atomic mass is 9.90. The molecule has 0 amide bonds. The number of benzene rings is 8. The average Bonchev–Trinajstić information content (AvgIpc) is 3.79. The van der Waals surface area contributed by atoms with Crippen molar-refractivity contribution in [2.45, 2.75) is 0 Å². The van der Waals surface area contributed by atoms with Crippen LogP contribution in [0.4, 0.5) is 0 Å². The van der Waals surface area contributed by atoms with Crippen LogP contribution < -0.4 is 0 Å². The molecule has 0 N–H and O–H groups in total. The van der Waals surface area contributed by atoms with E-state index >= 15 is 0 Å². The predicted molar refractivity (Wildman–Crippen MR) is 221 cm³/mol. The van der Waals surface area contributed by atoms with Gasteiger partial charge in [0.25, 0.3) is 0 Å². The van der Waals surface area contributed by atoms with Crippen LogP contribution in [0.5, 0.6) is 0 Å². The van der Waals surface area contributed by atoms with Gasteiger partial charge in [-0.15, -0.1) is 0 Å². The van der Waals surface area contributed by atoms with E-state index in [9.17, 15) is 0 Å². The number of rotatable bonds is 5. The molecule has 0 saturated carbocycles. The highest BCUT2D eigenvalue weighted by Gasteiger charge is 2.20. The van der Waals surface area contributed by atoms with Crippen LogP contribution in [0.2, 0.25) is 0 Å². The molecule has 54 heavy (non-hydrogen) atoms. The summed E-state index contributed by atoms with van der Waals surface area (Å²) >= 11 is 0. The van der Waals surface area contributed by atoms with Gasteiger partial charge in [0, 0.05) is 32.7 Å². The van der Waals surface area contributed by atoms with Crippen molar-refractivity contribution >= 4 is 54.5 Å². The minimum absolute atomic E-state index is 0.563. The summed E-state index contributed by atoms with van der Waals surface area (Å²) in [6.45, 7) is 0. The van der Waals surface area contributed by atoms with E-state index in [1.54, 1.807) is 0 Å². The molecule has 0 spiro atoms. The van der Waals surface area contributed by atoms with E-state index in [-0.39, 0.29) is 0 Å². The molecule has 0 bridgehead atoms. The number of hydrogen-bond acceptors (Lipinski definition) is 4. The molecule has 11 rings (SSSR count). The molecule has 0 atom stereocenters. The molecule has 5 nitrogen and oxygen atoms in total. The zero-order chi connectivity index (χ0) is 35.6. The zero-order valence-corrected chi connectivity index (χ0v) is 29.0. The Hall–Kier alpha value is -7.37. The largest absolute Gasteiger partial charge is 0.456 e. The Bertz CT molecular complexity index is 3160. The maximum Gasteiger partial charge on any atom is 0.238 e. The van der Waals surface area contributed by atoms with E-state index in [2.05, 4.69) is 156 Å². The molecule has 0 aliphatic carbocycles. The lowest BCUT2D eigenvalue weighted by Gasteiger charge is -2.13. The third kappa shape index (κ3) is 4.76. The lowest BCUT2D eigenvalue weighted by Crippen LogP contribution is -2.06. The van der Waals surface area contributed by atoms with Crippen molar-refractivity contribution < 1.29 is 4.42 Å². The van der Waals surface area contributed by atoms with Gasteiger partial charge in [-0.3, -0.25) is 4.57 Å². The molecule has 8 aromatic carbocycles. The highest BCUT2D eigenvalue weighted by atomic mass is 16.3. The molecule has 0 aliphatic heterocycles. The van der Waals surface area contributed by atoms with E-state index in [0.29, 0.717) is 17.6 Å². The fourth-order valence-electron chi connectivity index (χ4n) is 8.06. The van der Waals surface area contributed by atoms with Crippen LogP contribution in [-0.4, -0.2) is 19.5 Å². The van der Waals surface area contributed by atoms with Crippen LogP contribution in [0.15, 0.2) is 186 Å². The first kappa shape index (κ1) is 30.3. The summed E-state index contributed by atoms with van der Waals surface area (Å²) in [6, 6.07) is 63.3. The summed E-state index contributed by atoms with van der Waals surface area (Å²) in [5, 5.41) is 6.85. The molecule has 3 aromatic heterocycles. The van der Waals surface area contributed by atoms with Crippen LogP contribution in [-0.2, 0) is 0 Å². The van der Waals surface area contributed by atoms with E-state index < -0.39 is 0 Å². The van der Waals surface area contributed by atoms with Crippen molar-refractivity contribution in [2.75, 3.05) is 0 Å². The summed E-state index contributed by atoms with van der Waals surface area (Å²) in [6.07, 6.45) is 0. The van der Waals surface area contributed by atoms with Crippen molar-refractivity contribution in [3.63, 3.8) is 0 Å². The SMILES string of the molecule is c1ccc(-c2nc(-c3ccc4c(c3)oc3cccc(-c5cccc6cccc(-c7ccccc7)c56)c34)nc(-n3c4ccccc4c4ccccc43)n2)cc1. The topological polar surface area (TPSA) is 56.7 Å². The van der Waals surface area contributed by atoms with Gasteiger partial charge < -0.3 is 4.42 Å². The number of furan rings is 1. The zero-order valence-electron chi connectivity index (χ0n) is 29.0. The molecule has 0 saturated heterocycles. The van der Waals surface area contributed by atoms with Gasteiger partial charge in [-0.1, -0.05) is 152 Å². The van der Waals surface area contributed by atoms with Crippen LogP contribution in [0.1, 0.15) is 0 Å². The molecule has 252 valence electrons. The Kier molecular flexibility index (Phi) is 6.79. The third-order valence-corrected chi connectivity index (χ3v) is 10.5. The number of para-hydroxylation sites is 2. The maximum absolute atomic E-state index is 6.66. The summed E-state index contributed by atoms with van der Waals surface area (Å²) in [5.41, 5.74) is 10.2. The smallest absolute Gasteiger partial charge is 0.238 e. The van der Waals surface area contributed by atoms with E-state index in [1.807, 2.05) is 30.3 Å². The van der Waals surface area contributed by atoms with Crippen molar-refractivity contribution in [1.29, 1.82) is 0 Å². The fourth-order valence-corrected chi connectivity index (χ4v) is 8.06. The molecule has 11 aromatic rings. The first-order valence-electron chi connectivity index (χ1n) is 18.1. The summed E-state index contributed by atoms with van der Waals surface area (Å²) in [7, 11) is 0. The second-order valence-electron chi connectivity index (χ2n) is 13.6. The van der Waals surface area contributed by atoms with Crippen molar-refractivity contribution in [2.24, 2.45) is 0 Å². The van der Waals surface area contributed by atoms with Crippen LogP contribution in [0.3, 0.4) is 0 Å². The van der Waals surface area contributed by atoms with Gasteiger partial charge in [0.05, 0.1) is 11.0 Å². The minimum Gasteiger partial charge on any atom is -0.456 e. The number of aromatic nitrogens is 4. The molecular formula is C49H30N4O. The van der Waals surface area contributed by atoms with Gasteiger partial charge in [-0.05, 0) is 63.4 Å². The van der Waals surface area contributed by atoms with Crippen LogP contribution in [0.25, 0.3) is 105 Å². The molecule has 5 heteroatoms. The Balaban J connectivity index is 1.12. The van der Waals surface area contributed by atoms with Gasteiger partial charge in [0.15, 0.2) is 11.6 Å². The number of hydrogen-bond donors (Lipinski definition) is 0. The molecule has 0 fully saturated rings. The summed E-state index contributed by atoms with van der Waals surface area (Å²) in [4.78, 5) is 15.3. The van der Waals surface area contributed by atoms with Crippen molar-refractivity contribution in [3.8, 4) is 51.0 Å². The first-order chi connectivity index (χ1) is 26.8. The second-order valence-corrected chi connectivity index (χ2v) is 13.6. The Morgan fingerprint density at radius 3 is 1.65 bits per heavy atom. The number of fused-ring (bicyclic) bond motifs is 7. The molecule has 0 aliphatic rings. The van der Waals surface area contributed by atoms with Gasteiger partial charge >= 0.3 is 0 Å². The van der Waals surface area contributed by atoms with Gasteiger partial charge in [0.1, 0.15) is 11.2 Å². The summed E-state index contributed by atoms with van der Waals surface area (Å²) < 4.78 is 8.80. The first-order valence-corrected chi connectivity index (χ1v) is 18.1. The fraction of sp³-hybridized carbons (Fsp3) is 0.